The third-order valence-corrected chi connectivity index (χ3v) is 5.40. The minimum Gasteiger partial charge on any atom is -0.316 e. The molecule has 1 aliphatic heterocycles. The van der Waals surface area contributed by atoms with E-state index in [1.165, 1.54) is 23.6 Å². The van der Waals surface area contributed by atoms with Crippen LogP contribution in [0.2, 0.25) is 0 Å². The summed E-state index contributed by atoms with van der Waals surface area (Å²) in [6.45, 7) is 2.99. The minimum absolute atomic E-state index is 0.0532. The Kier molecular flexibility index (Phi) is 3.19. The zero-order valence-corrected chi connectivity index (χ0v) is 14.1. The van der Waals surface area contributed by atoms with Gasteiger partial charge in [-0.15, -0.1) is 11.3 Å². The monoisotopic (exact) mass is 350 g/mol. The molecule has 3 heterocycles. The Morgan fingerprint density at radius 1 is 1.46 bits per heavy atom. The predicted octanol–water partition coefficient (Wildman–Crippen LogP) is 3.79. The number of carbonyl (C=O) groups excluding carboxylic acids is 1. The normalized spacial score (nSPS) is 17.9. The first-order valence-electron chi connectivity index (χ1n) is 7.68. The molecular formula is C16H16F2N4OS. The Morgan fingerprint density at radius 3 is 2.79 bits per heavy atom. The highest BCUT2D eigenvalue weighted by atomic mass is 32.1. The van der Waals surface area contributed by atoms with E-state index < -0.39 is 5.92 Å². The quantitative estimate of drug-likeness (QED) is 0.915. The van der Waals surface area contributed by atoms with Gasteiger partial charge in [-0.05, 0) is 12.8 Å². The van der Waals surface area contributed by atoms with Crippen LogP contribution in [0.1, 0.15) is 37.9 Å². The molecule has 1 fully saturated rings. The molecule has 1 aliphatic carbocycles. The van der Waals surface area contributed by atoms with Crippen molar-refractivity contribution >= 4 is 33.9 Å². The molecule has 1 saturated carbocycles. The molecule has 0 radical (unpaired) electrons. The van der Waals surface area contributed by atoms with Crippen molar-refractivity contribution in [3.8, 4) is 0 Å². The van der Waals surface area contributed by atoms with Gasteiger partial charge < -0.3 is 10.2 Å². The molecule has 0 atom stereocenters. The number of amides is 1. The van der Waals surface area contributed by atoms with Crippen molar-refractivity contribution in [1.82, 2.24) is 9.97 Å². The van der Waals surface area contributed by atoms with Crippen molar-refractivity contribution in [3.63, 3.8) is 0 Å². The molecule has 2 aromatic rings. The lowest BCUT2D eigenvalue weighted by Crippen LogP contribution is -2.19. The summed E-state index contributed by atoms with van der Waals surface area (Å²) in [6.07, 6.45) is 3.90. The lowest BCUT2D eigenvalue weighted by atomic mass is 10.0. The topological polar surface area (TPSA) is 58.1 Å². The van der Waals surface area contributed by atoms with Crippen molar-refractivity contribution in [1.29, 1.82) is 0 Å². The fraction of sp³-hybridized carbons (Fsp3) is 0.438. The first-order valence-corrected chi connectivity index (χ1v) is 8.56. The Morgan fingerprint density at radius 2 is 2.21 bits per heavy atom. The molecule has 0 aromatic carbocycles. The van der Waals surface area contributed by atoms with E-state index in [2.05, 4.69) is 15.3 Å². The van der Waals surface area contributed by atoms with Gasteiger partial charge in [0.25, 0.3) is 5.92 Å². The van der Waals surface area contributed by atoms with E-state index in [1.54, 1.807) is 12.3 Å². The van der Waals surface area contributed by atoms with Crippen LogP contribution in [-0.4, -0.2) is 22.4 Å². The Balaban J connectivity index is 1.74. The smallest absolute Gasteiger partial charge is 0.287 e. The summed E-state index contributed by atoms with van der Waals surface area (Å²) in [6, 6.07) is 1.80. The van der Waals surface area contributed by atoms with Crippen LogP contribution >= 0.6 is 11.3 Å². The first-order chi connectivity index (χ1) is 11.3. The molecule has 126 valence electrons. The van der Waals surface area contributed by atoms with Gasteiger partial charge >= 0.3 is 0 Å². The largest absolute Gasteiger partial charge is 0.316 e. The number of alkyl halides is 2. The van der Waals surface area contributed by atoms with Gasteiger partial charge in [-0.3, -0.25) is 4.79 Å². The van der Waals surface area contributed by atoms with E-state index in [0.29, 0.717) is 10.9 Å². The lowest BCUT2D eigenvalue weighted by Gasteiger charge is -2.17. The van der Waals surface area contributed by atoms with Gasteiger partial charge in [0.2, 0.25) is 5.91 Å². The van der Waals surface area contributed by atoms with Crippen LogP contribution in [0.4, 0.5) is 25.4 Å². The number of nitrogens with one attached hydrogen (secondary N) is 1. The highest BCUT2D eigenvalue weighted by Gasteiger charge is 2.53. The van der Waals surface area contributed by atoms with E-state index in [1.807, 2.05) is 4.90 Å². The van der Waals surface area contributed by atoms with Gasteiger partial charge in [-0.2, -0.15) is 8.78 Å². The minimum atomic E-state index is -2.95. The maximum absolute atomic E-state index is 13.5. The highest BCUT2D eigenvalue weighted by molar-refractivity contribution is 7.13. The molecule has 0 saturated heterocycles. The zero-order valence-electron chi connectivity index (χ0n) is 13.3. The third-order valence-electron chi connectivity index (χ3n) is 4.54. The van der Waals surface area contributed by atoms with E-state index >= 15 is 0 Å². The molecule has 2 aromatic heterocycles. The molecule has 5 nitrogen and oxygen atoms in total. The number of hydrogen-bond acceptors (Lipinski definition) is 5. The summed E-state index contributed by atoms with van der Waals surface area (Å²) in [5.74, 6) is -2.69. The highest BCUT2D eigenvalue weighted by Crippen LogP contribution is 2.58. The van der Waals surface area contributed by atoms with Crippen LogP contribution in [0.15, 0.2) is 17.6 Å². The van der Waals surface area contributed by atoms with Crippen molar-refractivity contribution in [3.05, 3.63) is 28.9 Å². The first kappa shape index (κ1) is 15.4. The fourth-order valence-corrected chi connectivity index (χ4v) is 4.06. The van der Waals surface area contributed by atoms with Crippen LogP contribution in [0.5, 0.6) is 0 Å². The SMILES string of the molecule is CC(=O)Nc1cc2c(cn1)C1(CC1)CN2c1nc(C(C)(F)F)cs1. The molecule has 2 aliphatic rings. The van der Waals surface area contributed by atoms with Crippen molar-refractivity contribution < 1.29 is 13.6 Å². The number of pyridine rings is 1. The maximum atomic E-state index is 13.5. The number of halogens is 2. The van der Waals surface area contributed by atoms with Crippen LogP contribution in [0, 0.1) is 0 Å². The second-order valence-electron chi connectivity index (χ2n) is 6.54. The number of rotatable bonds is 3. The van der Waals surface area contributed by atoms with E-state index in [-0.39, 0.29) is 17.0 Å². The molecule has 1 spiro atoms. The molecule has 0 unspecified atom stereocenters. The molecule has 8 heteroatoms. The summed E-state index contributed by atoms with van der Waals surface area (Å²) in [5.41, 5.74) is 1.85. The molecule has 1 N–H and O–H groups in total. The number of carbonyl (C=O) groups is 1. The van der Waals surface area contributed by atoms with Gasteiger partial charge in [0, 0.05) is 49.0 Å². The zero-order chi connectivity index (χ0) is 17.1. The number of nitrogens with zero attached hydrogens (tertiary/aromatic N) is 3. The summed E-state index contributed by atoms with van der Waals surface area (Å²) in [7, 11) is 0. The second-order valence-corrected chi connectivity index (χ2v) is 7.37. The van der Waals surface area contributed by atoms with E-state index in [9.17, 15) is 13.6 Å². The average Bonchev–Trinajstić information content (AvgIpc) is 2.95. The molecular weight excluding hydrogens is 334 g/mol. The van der Waals surface area contributed by atoms with Gasteiger partial charge in [0.05, 0.1) is 5.69 Å². The van der Waals surface area contributed by atoms with Gasteiger partial charge in [-0.1, -0.05) is 0 Å². The number of aromatic nitrogens is 2. The Labute approximate surface area is 141 Å². The molecule has 0 bridgehead atoms. The molecule has 4 rings (SSSR count). The van der Waals surface area contributed by atoms with E-state index in [0.717, 1.165) is 37.6 Å². The summed E-state index contributed by atoms with van der Waals surface area (Å²) in [5, 5.41) is 4.63. The third kappa shape index (κ3) is 2.45. The second kappa shape index (κ2) is 4.95. The summed E-state index contributed by atoms with van der Waals surface area (Å²) < 4.78 is 27.0. The number of anilines is 3. The Hall–Kier alpha value is -2.09. The predicted molar refractivity (Wildman–Crippen MR) is 88.1 cm³/mol. The van der Waals surface area contributed by atoms with Crippen molar-refractivity contribution in [2.45, 2.75) is 38.0 Å². The summed E-state index contributed by atoms with van der Waals surface area (Å²) >= 11 is 1.21. The fourth-order valence-electron chi connectivity index (χ4n) is 3.14. The number of fused-ring (bicyclic) bond motifs is 2. The maximum Gasteiger partial charge on any atom is 0.287 e. The molecule has 1 amide bonds. The van der Waals surface area contributed by atoms with Crippen LogP contribution in [0.3, 0.4) is 0 Å². The lowest BCUT2D eigenvalue weighted by molar-refractivity contribution is -0.114. The number of thiazole rings is 1. The van der Waals surface area contributed by atoms with E-state index in [4.69, 9.17) is 0 Å². The average molecular weight is 350 g/mol. The van der Waals surface area contributed by atoms with Crippen molar-refractivity contribution in [2.75, 3.05) is 16.8 Å². The van der Waals surface area contributed by atoms with Crippen LogP contribution in [-0.2, 0) is 16.1 Å². The Bertz CT molecular complexity index is 826. The standard InChI is InChI=1S/C16H16F2N4OS/c1-9(23)20-13-5-11-10(6-19-13)16(3-4-16)8-22(11)14-21-12(7-24-14)15(2,17)18/h5-7H,3-4,8H2,1-2H3,(H,19,20,23). The van der Waals surface area contributed by atoms with Gasteiger partial charge in [-0.25, -0.2) is 9.97 Å². The number of hydrogen-bond donors (Lipinski definition) is 1. The van der Waals surface area contributed by atoms with Crippen molar-refractivity contribution in [2.24, 2.45) is 0 Å². The van der Waals surface area contributed by atoms with Crippen LogP contribution in [0.25, 0.3) is 0 Å². The van der Waals surface area contributed by atoms with Crippen LogP contribution < -0.4 is 10.2 Å². The van der Waals surface area contributed by atoms with Gasteiger partial charge in [0.15, 0.2) is 5.13 Å². The summed E-state index contributed by atoms with van der Waals surface area (Å²) in [4.78, 5) is 21.7. The molecule has 24 heavy (non-hydrogen) atoms. The van der Waals surface area contributed by atoms with Gasteiger partial charge in [0.1, 0.15) is 11.5 Å².